The monoisotopic (exact) mass is 226 g/mol. The Bertz CT molecular complexity index is 294. The first-order valence-corrected chi connectivity index (χ1v) is 6.50. The molecule has 1 aromatic rings. The van der Waals surface area contributed by atoms with E-state index in [0.717, 1.165) is 12.1 Å². The first-order valence-electron chi connectivity index (χ1n) is 5.62. The van der Waals surface area contributed by atoms with Gasteiger partial charge in [0.25, 0.3) is 0 Å². The highest BCUT2D eigenvalue weighted by atomic mass is 32.1. The molecule has 0 aliphatic heterocycles. The quantitative estimate of drug-likeness (QED) is 0.835. The van der Waals surface area contributed by atoms with E-state index >= 15 is 0 Å². The SMILES string of the molecule is CNC(C)C(Cc1nc(C)cs1)C(C)C. The number of aromatic nitrogens is 1. The molecule has 0 aliphatic rings. The highest BCUT2D eigenvalue weighted by molar-refractivity contribution is 7.09. The molecule has 0 saturated carbocycles. The fraction of sp³-hybridized carbons (Fsp3) is 0.750. The number of nitrogens with zero attached hydrogens (tertiary/aromatic N) is 1. The molecule has 0 spiro atoms. The average molecular weight is 226 g/mol. The second kappa shape index (κ2) is 5.61. The zero-order valence-corrected chi connectivity index (χ0v) is 11.2. The van der Waals surface area contributed by atoms with Crippen molar-refractivity contribution in [3.8, 4) is 0 Å². The molecule has 1 rings (SSSR count). The van der Waals surface area contributed by atoms with Gasteiger partial charge in [-0.2, -0.15) is 0 Å². The van der Waals surface area contributed by atoms with Crippen molar-refractivity contribution in [2.45, 2.75) is 40.2 Å². The van der Waals surface area contributed by atoms with Crippen LogP contribution in [-0.2, 0) is 6.42 Å². The molecule has 2 atom stereocenters. The molecule has 0 amide bonds. The molecular formula is C12H22N2S. The third-order valence-corrected chi connectivity index (χ3v) is 4.02. The van der Waals surface area contributed by atoms with Crippen molar-refractivity contribution in [1.29, 1.82) is 0 Å². The van der Waals surface area contributed by atoms with Crippen LogP contribution in [-0.4, -0.2) is 18.1 Å². The molecule has 0 saturated heterocycles. The van der Waals surface area contributed by atoms with E-state index in [-0.39, 0.29) is 0 Å². The van der Waals surface area contributed by atoms with Gasteiger partial charge in [0.1, 0.15) is 0 Å². The zero-order chi connectivity index (χ0) is 11.4. The van der Waals surface area contributed by atoms with Crippen LogP contribution < -0.4 is 5.32 Å². The Balaban J connectivity index is 2.66. The van der Waals surface area contributed by atoms with Gasteiger partial charge in [-0.05, 0) is 32.7 Å². The van der Waals surface area contributed by atoms with Gasteiger partial charge in [0.15, 0.2) is 0 Å². The second-order valence-corrected chi connectivity index (χ2v) is 5.51. The second-order valence-electron chi connectivity index (χ2n) is 4.57. The summed E-state index contributed by atoms with van der Waals surface area (Å²) in [6, 6.07) is 0.550. The molecule has 0 fully saturated rings. The first kappa shape index (κ1) is 12.7. The molecule has 3 heteroatoms. The van der Waals surface area contributed by atoms with E-state index in [1.54, 1.807) is 11.3 Å². The van der Waals surface area contributed by atoms with Gasteiger partial charge in [0, 0.05) is 23.5 Å². The number of aryl methyl sites for hydroxylation is 1. The molecule has 0 bridgehead atoms. The van der Waals surface area contributed by atoms with Gasteiger partial charge in [0.2, 0.25) is 0 Å². The van der Waals surface area contributed by atoms with Crippen molar-refractivity contribution >= 4 is 11.3 Å². The summed E-state index contributed by atoms with van der Waals surface area (Å²) in [7, 11) is 2.03. The van der Waals surface area contributed by atoms with Crippen molar-refractivity contribution in [3.05, 3.63) is 16.1 Å². The Labute approximate surface area is 97.1 Å². The summed E-state index contributed by atoms with van der Waals surface area (Å²) in [4.78, 5) is 4.54. The van der Waals surface area contributed by atoms with Crippen molar-refractivity contribution in [2.24, 2.45) is 11.8 Å². The summed E-state index contributed by atoms with van der Waals surface area (Å²) in [6.07, 6.45) is 1.10. The van der Waals surface area contributed by atoms with Crippen LogP contribution in [0.4, 0.5) is 0 Å². The minimum absolute atomic E-state index is 0.550. The lowest BCUT2D eigenvalue weighted by molar-refractivity contribution is 0.300. The molecular weight excluding hydrogens is 204 g/mol. The molecule has 0 radical (unpaired) electrons. The molecule has 2 nitrogen and oxygen atoms in total. The predicted octanol–water partition coefficient (Wildman–Crippen LogP) is 2.87. The van der Waals surface area contributed by atoms with Gasteiger partial charge < -0.3 is 5.32 Å². The molecule has 1 heterocycles. The van der Waals surface area contributed by atoms with Crippen LogP contribution in [0.5, 0.6) is 0 Å². The zero-order valence-electron chi connectivity index (χ0n) is 10.4. The number of hydrogen-bond donors (Lipinski definition) is 1. The van der Waals surface area contributed by atoms with Gasteiger partial charge in [-0.25, -0.2) is 4.98 Å². The maximum Gasteiger partial charge on any atom is 0.0931 e. The number of rotatable bonds is 5. The third kappa shape index (κ3) is 3.58. The van der Waals surface area contributed by atoms with E-state index in [4.69, 9.17) is 0 Å². The van der Waals surface area contributed by atoms with Crippen LogP contribution in [0.15, 0.2) is 5.38 Å². The molecule has 86 valence electrons. The van der Waals surface area contributed by atoms with Crippen molar-refractivity contribution in [1.82, 2.24) is 10.3 Å². The fourth-order valence-corrected chi connectivity index (χ4v) is 2.75. The van der Waals surface area contributed by atoms with Gasteiger partial charge in [-0.15, -0.1) is 11.3 Å². The molecule has 1 aromatic heterocycles. The summed E-state index contributed by atoms with van der Waals surface area (Å²) in [6.45, 7) is 8.90. The highest BCUT2D eigenvalue weighted by Gasteiger charge is 2.21. The summed E-state index contributed by atoms with van der Waals surface area (Å²) in [5, 5.41) is 6.76. The Morgan fingerprint density at radius 1 is 1.40 bits per heavy atom. The summed E-state index contributed by atoms with van der Waals surface area (Å²) in [5.74, 6) is 1.36. The van der Waals surface area contributed by atoms with Crippen LogP contribution in [0.2, 0.25) is 0 Å². The molecule has 0 aliphatic carbocycles. The molecule has 1 N–H and O–H groups in total. The van der Waals surface area contributed by atoms with E-state index in [0.29, 0.717) is 17.9 Å². The standard InChI is InChI=1S/C12H22N2S/c1-8(2)11(10(4)13-5)6-12-14-9(3)7-15-12/h7-8,10-11,13H,6H2,1-5H3. The summed E-state index contributed by atoms with van der Waals surface area (Å²) >= 11 is 1.78. The predicted molar refractivity (Wildman–Crippen MR) is 67.4 cm³/mol. The highest BCUT2D eigenvalue weighted by Crippen LogP contribution is 2.22. The number of hydrogen-bond acceptors (Lipinski definition) is 3. The smallest absolute Gasteiger partial charge is 0.0931 e. The van der Waals surface area contributed by atoms with E-state index in [9.17, 15) is 0 Å². The Hall–Kier alpha value is -0.410. The van der Waals surface area contributed by atoms with E-state index < -0.39 is 0 Å². The van der Waals surface area contributed by atoms with Gasteiger partial charge >= 0.3 is 0 Å². The Kier molecular flexibility index (Phi) is 4.74. The third-order valence-electron chi connectivity index (χ3n) is 3.03. The van der Waals surface area contributed by atoms with Crippen molar-refractivity contribution < 1.29 is 0 Å². The lowest BCUT2D eigenvalue weighted by atomic mass is 9.87. The average Bonchev–Trinajstić information content (AvgIpc) is 2.59. The maximum atomic E-state index is 4.54. The normalized spacial score (nSPS) is 15.6. The van der Waals surface area contributed by atoms with E-state index in [2.05, 4.69) is 43.4 Å². The largest absolute Gasteiger partial charge is 0.317 e. The Morgan fingerprint density at radius 2 is 2.07 bits per heavy atom. The lowest BCUT2D eigenvalue weighted by Crippen LogP contribution is -2.35. The van der Waals surface area contributed by atoms with Crippen molar-refractivity contribution in [3.63, 3.8) is 0 Å². The maximum absolute atomic E-state index is 4.54. The first-order chi connectivity index (χ1) is 7.04. The number of thiazole rings is 1. The van der Waals surface area contributed by atoms with Crippen LogP contribution in [0.25, 0.3) is 0 Å². The number of nitrogens with one attached hydrogen (secondary N) is 1. The fourth-order valence-electron chi connectivity index (χ4n) is 1.90. The van der Waals surface area contributed by atoms with Crippen LogP contribution in [0.1, 0.15) is 31.5 Å². The lowest BCUT2D eigenvalue weighted by Gasteiger charge is -2.26. The topological polar surface area (TPSA) is 24.9 Å². The minimum atomic E-state index is 0.550. The van der Waals surface area contributed by atoms with E-state index in [1.807, 2.05) is 7.05 Å². The van der Waals surface area contributed by atoms with Gasteiger partial charge in [-0.3, -0.25) is 0 Å². The van der Waals surface area contributed by atoms with Crippen LogP contribution in [0.3, 0.4) is 0 Å². The van der Waals surface area contributed by atoms with Gasteiger partial charge in [-0.1, -0.05) is 13.8 Å². The van der Waals surface area contributed by atoms with Crippen LogP contribution in [0, 0.1) is 18.8 Å². The summed E-state index contributed by atoms with van der Waals surface area (Å²) in [5.41, 5.74) is 1.15. The van der Waals surface area contributed by atoms with Gasteiger partial charge in [0.05, 0.1) is 5.01 Å². The molecule has 2 unspecified atom stereocenters. The Morgan fingerprint density at radius 3 is 2.47 bits per heavy atom. The molecule has 0 aromatic carbocycles. The summed E-state index contributed by atoms with van der Waals surface area (Å²) < 4.78 is 0. The van der Waals surface area contributed by atoms with E-state index in [1.165, 1.54) is 5.01 Å². The van der Waals surface area contributed by atoms with Crippen molar-refractivity contribution in [2.75, 3.05) is 7.05 Å². The minimum Gasteiger partial charge on any atom is -0.317 e. The van der Waals surface area contributed by atoms with Crippen LogP contribution >= 0.6 is 11.3 Å². The molecule has 15 heavy (non-hydrogen) atoms.